The van der Waals surface area contributed by atoms with Gasteiger partial charge in [-0.25, -0.2) is 0 Å². The maximum Gasteiger partial charge on any atom is 0.0359 e. The van der Waals surface area contributed by atoms with Gasteiger partial charge in [-0.2, -0.15) is 0 Å². The summed E-state index contributed by atoms with van der Waals surface area (Å²) < 4.78 is 0. The van der Waals surface area contributed by atoms with Gasteiger partial charge in [0.2, 0.25) is 0 Å². The molecule has 2 nitrogen and oxygen atoms in total. The molecular weight excluding hydrogens is 220 g/mol. The summed E-state index contributed by atoms with van der Waals surface area (Å²) >= 11 is 0. The highest BCUT2D eigenvalue weighted by atomic mass is 15.1. The van der Waals surface area contributed by atoms with E-state index in [1.54, 1.807) is 0 Å². The number of rotatable bonds is 5. The highest BCUT2D eigenvalue weighted by molar-refractivity contribution is 5.19. The van der Waals surface area contributed by atoms with Crippen LogP contribution in [0.5, 0.6) is 0 Å². The molecule has 2 aliphatic rings. The number of allylic oxidation sites excluding steroid dienone is 2. The van der Waals surface area contributed by atoms with Gasteiger partial charge in [-0.15, -0.1) is 0 Å². The van der Waals surface area contributed by atoms with Gasteiger partial charge in [0.25, 0.3) is 0 Å². The average molecular weight is 248 g/mol. The maximum atomic E-state index is 2.65. The molecule has 0 aliphatic carbocycles. The zero-order chi connectivity index (χ0) is 12.8. The van der Waals surface area contributed by atoms with Crippen molar-refractivity contribution < 1.29 is 0 Å². The van der Waals surface area contributed by atoms with Gasteiger partial charge in [-0.1, -0.05) is 18.6 Å². The Morgan fingerprint density at radius 3 is 2.56 bits per heavy atom. The average Bonchev–Trinajstić information content (AvgIpc) is 2.39. The minimum absolute atomic E-state index is 0.953. The van der Waals surface area contributed by atoms with Crippen molar-refractivity contribution in [2.45, 2.75) is 39.5 Å². The molecule has 0 aromatic rings. The summed E-state index contributed by atoms with van der Waals surface area (Å²) in [6, 6.07) is 0. The third kappa shape index (κ3) is 4.49. The van der Waals surface area contributed by atoms with E-state index in [0.29, 0.717) is 0 Å². The van der Waals surface area contributed by atoms with Crippen LogP contribution >= 0.6 is 0 Å². The van der Waals surface area contributed by atoms with E-state index in [-0.39, 0.29) is 0 Å². The summed E-state index contributed by atoms with van der Waals surface area (Å²) in [5.74, 6) is 0.953. The predicted octanol–water partition coefficient (Wildman–Crippen LogP) is 3.27. The summed E-state index contributed by atoms with van der Waals surface area (Å²) in [5.41, 5.74) is 1.40. The monoisotopic (exact) mass is 248 g/mol. The fourth-order valence-electron chi connectivity index (χ4n) is 2.71. The molecule has 0 N–H and O–H groups in total. The maximum absolute atomic E-state index is 2.65. The van der Waals surface area contributed by atoms with Gasteiger partial charge in [0.15, 0.2) is 0 Å². The van der Waals surface area contributed by atoms with Crippen LogP contribution in [-0.2, 0) is 0 Å². The molecule has 0 aromatic carbocycles. The Morgan fingerprint density at radius 2 is 1.89 bits per heavy atom. The van der Waals surface area contributed by atoms with Crippen molar-refractivity contribution in [1.82, 2.24) is 9.80 Å². The van der Waals surface area contributed by atoms with Crippen LogP contribution in [0.3, 0.4) is 0 Å². The van der Waals surface area contributed by atoms with Crippen molar-refractivity contribution in [1.29, 1.82) is 0 Å². The first-order valence-electron chi connectivity index (χ1n) is 7.55. The summed E-state index contributed by atoms with van der Waals surface area (Å²) in [4.78, 5) is 5.07. The van der Waals surface area contributed by atoms with Crippen LogP contribution in [0.25, 0.3) is 0 Å². The van der Waals surface area contributed by atoms with Crippen molar-refractivity contribution in [3.8, 4) is 0 Å². The molecule has 102 valence electrons. The lowest BCUT2D eigenvalue weighted by Crippen LogP contribution is -2.34. The topological polar surface area (TPSA) is 6.48 Å². The zero-order valence-electron chi connectivity index (χ0n) is 12.1. The van der Waals surface area contributed by atoms with Crippen LogP contribution in [0.1, 0.15) is 39.5 Å². The van der Waals surface area contributed by atoms with Crippen molar-refractivity contribution in [2.75, 3.05) is 32.7 Å². The fourth-order valence-corrected chi connectivity index (χ4v) is 2.71. The van der Waals surface area contributed by atoms with E-state index >= 15 is 0 Å². The lowest BCUT2D eigenvalue weighted by molar-refractivity contribution is 0.188. The van der Waals surface area contributed by atoms with E-state index in [0.717, 1.165) is 12.5 Å². The SMILES string of the molecule is CC1=CCN(CCCCN2CCC(C)CC2)C=C1. The number of likely N-dealkylation sites (tertiary alicyclic amines) is 1. The van der Waals surface area contributed by atoms with E-state index in [1.807, 2.05) is 0 Å². The molecule has 0 spiro atoms. The highest BCUT2D eigenvalue weighted by Gasteiger charge is 2.14. The van der Waals surface area contributed by atoms with Gasteiger partial charge < -0.3 is 9.80 Å². The smallest absolute Gasteiger partial charge is 0.0359 e. The molecule has 0 radical (unpaired) electrons. The molecule has 1 fully saturated rings. The summed E-state index contributed by atoms with van der Waals surface area (Å²) in [6.07, 6.45) is 12.3. The number of nitrogens with zero attached hydrogens (tertiary/aromatic N) is 2. The Hall–Kier alpha value is -0.760. The quantitative estimate of drug-likeness (QED) is 0.689. The largest absolute Gasteiger partial charge is 0.374 e. The number of hydrogen-bond donors (Lipinski definition) is 0. The molecule has 0 amide bonds. The van der Waals surface area contributed by atoms with Crippen LogP contribution < -0.4 is 0 Å². The van der Waals surface area contributed by atoms with Crippen LogP contribution in [0, 0.1) is 5.92 Å². The van der Waals surface area contributed by atoms with E-state index in [1.165, 1.54) is 57.4 Å². The van der Waals surface area contributed by atoms with Crippen LogP contribution in [-0.4, -0.2) is 42.5 Å². The molecule has 2 aliphatic heterocycles. The Labute approximate surface area is 112 Å². The Balaban J connectivity index is 1.53. The number of hydrogen-bond acceptors (Lipinski definition) is 2. The second-order valence-electron chi connectivity index (χ2n) is 5.99. The molecule has 18 heavy (non-hydrogen) atoms. The summed E-state index contributed by atoms with van der Waals surface area (Å²) in [7, 11) is 0. The van der Waals surface area contributed by atoms with E-state index in [4.69, 9.17) is 0 Å². The second-order valence-corrected chi connectivity index (χ2v) is 5.99. The van der Waals surface area contributed by atoms with Crippen LogP contribution in [0.15, 0.2) is 23.9 Å². The third-order valence-corrected chi connectivity index (χ3v) is 4.24. The lowest BCUT2D eigenvalue weighted by atomic mass is 9.99. The van der Waals surface area contributed by atoms with Crippen molar-refractivity contribution in [3.63, 3.8) is 0 Å². The molecular formula is C16H28N2. The van der Waals surface area contributed by atoms with Gasteiger partial charge in [0.1, 0.15) is 0 Å². The molecule has 1 saturated heterocycles. The molecule has 2 heteroatoms. The molecule has 0 saturated carbocycles. The van der Waals surface area contributed by atoms with Crippen molar-refractivity contribution in [3.05, 3.63) is 23.9 Å². The fraction of sp³-hybridized carbons (Fsp3) is 0.750. The van der Waals surface area contributed by atoms with E-state index in [2.05, 4.69) is 42.0 Å². The first kappa shape index (κ1) is 13.7. The van der Waals surface area contributed by atoms with Gasteiger partial charge in [-0.05, 0) is 70.4 Å². The molecule has 2 rings (SSSR count). The van der Waals surface area contributed by atoms with Crippen LogP contribution in [0.2, 0.25) is 0 Å². The summed E-state index contributed by atoms with van der Waals surface area (Å²) in [5, 5.41) is 0. The van der Waals surface area contributed by atoms with E-state index in [9.17, 15) is 0 Å². The molecule has 2 heterocycles. The molecule has 0 atom stereocenters. The van der Waals surface area contributed by atoms with Gasteiger partial charge >= 0.3 is 0 Å². The third-order valence-electron chi connectivity index (χ3n) is 4.24. The predicted molar refractivity (Wildman–Crippen MR) is 78.5 cm³/mol. The minimum atomic E-state index is 0.953. The Kier molecular flexibility index (Phi) is 5.30. The van der Waals surface area contributed by atoms with Gasteiger partial charge in [-0.3, -0.25) is 0 Å². The number of unbranched alkanes of at least 4 members (excludes halogenated alkanes) is 1. The van der Waals surface area contributed by atoms with Gasteiger partial charge in [0, 0.05) is 13.1 Å². The highest BCUT2D eigenvalue weighted by Crippen LogP contribution is 2.16. The Bertz CT molecular complexity index is 298. The molecule has 0 aromatic heterocycles. The normalized spacial score (nSPS) is 22.3. The molecule has 0 unspecified atom stereocenters. The number of piperidine rings is 1. The molecule has 0 bridgehead atoms. The first-order chi connectivity index (χ1) is 8.74. The van der Waals surface area contributed by atoms with Crippen molar-refractivity contribution in [2.24, 2.45) is 5.92 Å². The minimum Gasteiger partial charge on any atom is -0.374 e. The van der Waals surface area contributed by atoms with Gasteiger partial charge in [0.05, 0.1) is 0 Å². The standard InChI is InChI=1S/C16H28N2/c1-15-5-11-17(12-6-15)9-3-4-10-18-13-7-16(2)8-14-18/h5-6,11,16H,3-4,7-10,12-14H2,1-2H3. The first-order valence-corrected chi connectivity index (χ1v) is 7.55. The van der Waals surface area contributed by atoms with Crippen LogP contribution in [0.4, 0.5) is 0 Å². The Morgan fingerprint density at radius 1 is 1.17 bits per heavy atom. The van der Waals surface area contributed by atoms with E-state index < -0.39 is 0 Å². The lowest BCUT2D eigenvalue weighted by Gasteiger charge is -2.30. The zero-order valence-corrected chi connectivity index (χ0v) is 12.1. The summed E-state index contributed by atoms with van der Waals surface area (Å²) in [6.45, 7) is 10.8. The van der Waals surface area contributed by atoms with Crippen molar-refractivity contribution >= 4 is 0 Å². The second kappa shape index (κ2) is 6.98.